The number of hydrogen-bond acceptors (Lipinski definition) is 3. The topological polar surface area (TPSA) is 58.4 Å². The quantitative estimate of drug-likeness (QED) is 0.824. The van der Waals surface area contributed by atoms with Crippen LogP contribution >= 0.6 is 0 Å². The Kier molecular flexibility index (Phi) is 3.39. The molecule has 1 atom stereocenters. The molecule has 0 radical (unpaired) electrons. The summed E-state index contributed by atoms with van der Waals surface area (Å²) in [7, 11) is 0. The fourth-order valence-electron chi connectivity index (χ4n) is 3.71. The van der Waals surface area contributed by atoms with Crippen molar-refractivity contribution in [1.82, 2.24) is 19.6 Å². The molecule has 0 aromatic carbocycles. The molecule has 6 nitrogen and oxygen atoms in total. The Morgan fingerprint density at radius 2 is 1.82 bits per heavy atom. The molecule has 3 heterocycles. The third kappa shape index (κ3) is 2.21. The van der Waals surface area contributed by atoms with E-state index in [-0.39, 0.29) is 23.8 Å². The van der Waals surface area contributed by atoms with Crippen molar-refractivity contribution in [3.8, 4) is 0 Å². The molecule has 1 aliphatic carbocycles. The Labute approximate surface area is 130 Å². The molecule has 22 heavy (non-hydrogen) atoms. The molecule has 2 aliphatic heterocycles. The molecule has 2 fully saturated rings. The lowest BCUT2D eigenvalue weighted by molar-refractivity contribution is -0.143. The minimum Gasteiger partial charge on any atom is -0.341 e. The maximum absolute atomic E-state index is 12.8. The lowest BCUT2D eigenvalue weighted by Crippen LogP contribution is -2.49. The Hall–Kier alpha value is -1.85. The third-order valence-corrected chi connectivity index (χ3v) is 5.26. The fraction of sp³-hybridized carbons (Fsp3) is 0.688. The van der Waals surface area contributed by atoms with Crippen LogP contribution in [-0.2, 0) is 16.1 Å². The van der Waals surface area contributed by atoms with Crippen molar-refractivity contribution in [2.24, 2.45) is 5.92 Å². The van der Waals surface area contributed by atoms with Crippen LogP contribution in [0, 0.1) is 5.92 Å². The second-order valence-electron chi connectivity index (χ2n) is 6.66. The van der Waals surface area contributed by atoms with Gasteiger partial charge in [-0.3, -0.25) is 14.3 Å². The number of nitrogens with zero attached hydrogens (tertiary/aromatic N) is 4. The molecular formula is C16H22N4O2. The van der Waals surface area contributed by atoms with Gasteiger partial charge in [-0.15, -0.1) is 0 Å². The van der Waals surface area contributed by atoms with Crippen molar-refractivity contribution >= 4 is 11.8 Å². The molecule has 0 bridgehead atoms. The van der Waals surface area contributed by atoms with Gasteiger partial charge in [0.2, 0.25) is 11.8 Å². The van der Waals surface area contributed by atoms with E-state index in [4.69, 9.17) is 0 Å². The van der Waals surface area contributed by atoms with E-state index < -0.39 is 0 Å². The molecule has 0 N–H and O–H groups in total. The summed E-state index contributed by atoms with van der Waals surface area (Å²) in [6.45, 7) is 2.73. The highest BCUT2D eigenvalue weighted by Gasteiger charge is 2.38. The Balaban J connectivity index is 1.57. The van der Waals surface area contributed by atoms with Gasteiger partial charge in [0, 0.05) is 25.2 Å². The number of fused-ring (bicyclic) bond motifs is 1. The summed E-state index contributed by atoms with van der Waals surface area (Å²) in [5.41, 5.74) is 0.969. The van der Waals surface area contributed by atoms with E-state index in [1.54, 1.807) is 6.20 Å². The third-order valence-electron chi connectivity index (χ3n) is 5.26. The first-order chi connectivity index (χ1) is 10.7. The van der Waals surface area contributed by atoms with E-state index in [9.17, 15) is 9.59 Å². The molecule has 6 heteroatoms. The second kappa shape index (κ2) is 5.41. The van der Waals surface area contributed by atoms with Gasteiger partial charge in [0.05, 0.1) is 18.8 Å². The lowest BCUT2D eigenvalue weighted by Gasteiger charge is -2.38. The summed E-state index contributed by atoms with van der Waals surface area (Å²) in [5.74, 6) is 0.517. The van der Waals surface area contributed by atoms with E-state index in [0.29, 0.717) is 13.1 Å². The zero-order valence-electron chi connectivity index (χ0n) is 12.8. The summed E-state index contributed by atoms with van der Waals surface area (Å²) >= 11 is 0. The van der Waals surface area contributed by atoms with E-state index in [2.05, 4.69) is 5.10 Å². The number of likely N-dealkylation sites (tertiary alicyclic amines) is 1. The van der Waals surface area contributed by atoms with Crippen LogP contribution in [0.25, 0.3) is 0 Å². The number of carbonyl (C=O) groups is 2. The van der Waals surface area contributed by atoms with Crippen LogP contribution in [0.15, 0.2) is 12.3 Å². The van der Waals surface area contributed by atoms with Crippen molar-refractivity contribution in [2.75, 3.05) is 19.6 Å². The predicted octanol–water partition coefficient (Wildman–Crippen LogP) is 1.19. The summed E-state index contributed by atoms with van der Waals surface area (Å²) in [6, 6.07) is 1.57. The van der Waals surface area contributed by atoms with Crippen molar-refractivity contribution in [3.63, 3.8) is 0 Å². The maximum atomic E-state index is 12.8. The van der Waals surface area contributed by atoms with Crippen molar-refractivity contribution in [2.45, 2.75) is 44.7 Å². The summed E-state index contributed by atoms with van der Waals surface area (Å²) < 4.78 is 1.82. The highest BCUT2D eigenvalue weighted by molar-refractivity contribution is 5.84. The van der Waals surface area contributed by atoms with Crippen molar-refractivity contribution in [1.29, 1.82) is 0 Å². The highest BCUT2D eigenvalue weighted by Crippen LogP contribution is 2.31. The molecule has 1 aromatic heterocycles. The first-order valence-electron chi connectivity index (χ1n) is 8.34. The van der Waals surface area contributed by atoms with Crippen LogP contribution in [0.2, 0.25) is 0 Å². The standard InChI is InChI=1S/C16H22N4O2/c21-15(12-4-3-5-12)19-10-13-6-7-17-20(13)14(11-19)16(22)18-8-1-2-9-18/h6-7,12,14H,1-5,8-11H2. The number of rotatable bonds is 2. The molecule has 1 unspecified atom stereocenters. The highest BCUT2D eigenvalue weighted by atomic mass is 16.2. The van der Waals surface area contributed by atoms with E-state index in [1.807, 2.05) is 20.5 Å². The molecule has 1 saturated heterocycles. The van der Waals surface area contributed by atoms with Gasteiger partial charge < -0.3 is 9.80 Å². The zero-order chi connectivity index (χ0) is 15.1. The largest absolute Gasteiger partial charge is 0.341 e. The first-order valence-corrected chi connectivity index (χ1v) is 8.34. The average molecular weight is 302 g/mol. The van der Waals surface area contributed by atoms with Crippen LogP contribution in [0.5, 0.6) is 0 Å². The summed E-state index contributed by atoms with van der Waals surface area (Å²) in [4.78, 5) is 29.2. The van der Waals surface area contributed by atoms with Crippen molar-refractivity contribution in [3.05, 3.63) is 18.0 Å². The van der Waals surface area contributed by atoms with Crippen LogP contribution < -0.4 is 0 Å². The molecule has 2 amide bonds. The number of aromatic nitrogens is 2. The van der Waals surface area contributed by atoms with Gasteiger partial charge >= 0.3 is 0 Å². The van der Waals surface area contributed by atoms with Gasteiger partial charge in [-0.25, -0.2) is 0 Å². The molecule has 0 spiro atoms. The Bertz CT molecular complexity index is 587. The van der Waals surface area contributed by atoms with Crippen LogP contribution in [-0.4, -0.2) is 51.0 Å². The minimum absolute atomic E-state index is 0.119. The Morgan fingerprint density at radius 1 is 1.05 bits per heavy atom. The average Bonchev–Trinajstić information content (AvgIpc) is 3.14. The van der Waals surface area contributed by atoms with E-state index >= 15 is 0 Å². The van der Waals surface area contributed by atoms with Gasteiger partial charge in [-0.1, -0.05) is 6.42 Å². The second-order valence-corrected chi connectivity index (χ2v) is 6.66. The Morgan fingerprint density at radius 3 is 2.50 bits per heavy atom. The number of carbonyl (C=O) groups excluding carboxylic acids is 2. The van der Waals surface area contributed by atoms with Gasteiger partial charge in [-0.05, 0) is 31.7 Å². The first kappa shape index (κ1) is 13.8. The summed E-state index contributed by atoms with van der Waals surface area (Å²) in [6.07, 6.45) is 7.04. The maximum Gasteiger partial charge on any atom is 0.249 e. The zero-order valence-corrected chi connectivity index (χ0v) is 12.8. The van der Waals surface area contributed by atoms with Crippen LogP contribution in [0.3, 0.4) is 0 Å². The molecule has 4 rings (SSSR count). The number of hydrogen-bond donors (Lipinski definition) is 0. The van der Waals surface area contributed by atoms with Crippen LogP contribution in [0.1, 0.15) is 43.8 Å². The smallest absolute Gasteiger partial charge is 0.249 e. The normalized spacial score (nSPS) is 25.0. The van der Waals surface area contributed by atoms with E-state index in [1.165, 1.54) is 0 Å². The molecule has 1 saturated carbocycles. The SMILES string of the molecule is O=C(C1CCC1)N1Cc2ccnn2C(C(=O)N2CCCC2)C1. The molecular weight excluding hydrogens is 280 g/mol. The summed E-state index contributed by atoms with van der Waals surface area (Å²) in [5, 5.41) is 4.33. The minimum atomic E-state index is -0.346. The fourth-order valence-corrected chi connectivity index (χ4v) is 3.71. The monoisotopic (exact) mass is 302 g/mol. The molecule has 1 aromatic rings. The lowest BCUT2D eigenvalue weighted by atomic mass is 9.84. The predicted molar refractivity (Wildman–Crippen MR) is 79.8 cm³/mol. The van der Waals surface area contributed by atoms with Gasteiger partial charge in [-0.2, -0.15) is 5.10 Å². The van der Waals surface area contributed by atoms with Gasteiger partial charge in [0.15, 0.2) is 0 Å². The van der Waals surface area contributed by atoms with Gasteiger partial charge in [0.1, 0.15) is 6.04 Å². The van der Waals surface area contributed by atoms with Crippen molar-refractivity contribution < 1.29 is 9.59 Å². The van der Waals surface area contributed by atoms with Crippen LogP contribution in [0.4, 0.5) is 0 Å². The van der Waals surface area contributed by atoms with E-state index in [0.717, 1.165) is 50.9 Å². The van der Waals surface area contributed by atoms with Gasteiger partial charge in [0.25, 0.3) is 0 Å². The number of amides is 2. The molecule has 118 valence electrons. The molecule has 3 aliphatic rings.